The van der Waals surface area contributed by atoms with Crippen molar-refractivity contribution in [3.63, 3.8) is 0 Å². The van der Waals surface area contributed by atoms with Crippen molar-refractivity contribution in [1.82, 2.24) is 14.7 Å². The molecule has 1 aliphatic heterocycles. The van der Waals surface area contributed by atoms with E-state index < -0.39 is 0 Å². The fourth-order valence-electron chi connectivity index (χ4n) is 2.63. The molecule has 4 heteroatoms. The molecule has 0 N–H and O–H groups in total. The Bertz CT molecular complexity index is 538. The Morgan fingerprint density at radius 1 is 1.30 bits per heavy atom. The van der Waals surface area contributed by atoms with E-state index in [0.717, 1.165) is 32.8 Å². The van der Waals surface area contributed by atoms with Crippen molar-refractivity contribution in [2.75, 3.05) is 19.7 Å². The monoisotopic (exact) mass is 271 g/mol. The molecule has 4 nitrogen and oxygen atoms in total. The van der Waals surface area contributed by atoms with Crippen molar-refractivity contribution in [3.05, 3.63) is 53.9 Å². The zero-order valence-electron chi connectivity index (χ0n) is 11.9. The number of benzene rings is 1. The summed E-state index contributed by atoms with van der Waals surface area (Å²) in [7, 11) is 0. The van der Waals surface area contributed by atoms with Crippen molar-refractivity contribution in [2.45, 2.75) is 26.1 Å². The van der Waals surface area contributed by atoms with Crippen LogP contribution in [0.5, 0.6) is 0 Å². The molecule has 0 bridgehead atoms. The molecule has 20 heavy (non-hydrogen) atoms. The zero-order chi connectivity index (χ0) is 13.8. The summed E-state index contributed by atoms with van der Waals surface area (Å²) in [5.74, 6) is 0. The number of nitrogens with zero attached hydrogens (tertiary/aromatic N) is 3. The first-order chi connectivity index (χ1) is 9.85. The van der Waals surface area contributed by atoms with Gasteiger partial charge in [0.25, 0.3) is 0 Å². The molecule has 106 valence electrons. The van der Waals surface area contributed by atoms with Gasteiger partial charge in [-0.1, -0.05) is 30.3 Å². The smallest absolute Gasteiger partial charge is 0.0952 e. The van der Waals surface area contributed by atoms with Crippen LogP contribution in [-0.2, 0) is 17.8 Å². The molecule has 1 saturated heterocycles. The Kier molecular flexibility index (Phi) is 4.14. The molecule has 1 atom stereocenters. The van der Waals surface area contributed by atoms with E-state index in [-0.39, 0.29) is 6.10 Å². The van der Waals surface area contributed by atoms with Crippen LogP contribution in [0.4, 0.5) is 0 Å². The normalized spacial score (nSPS) is 20.1. The van der Waals surface area contributed by atoms with Crippen LogP contribution < -0.4 is 0 Å². The highest BCUT2D eigenvalue weighted by Gasteiger charge is 2.22. The van der Waals surface area contributed by atoms with Crippen molar-refractivity contribution < 1.29 is 4.74 Å². The minimum absolute atomic E-state index is 0.186. The summed E-state index contributed by atoms with van der Waals surface area (Å²) in [5, 5.41) is 4.34. The van der Waals surface area contributed by atoms with Gasteiger partial charge in [0.1, 0.15) is 0 Å². The maximum atomic E-state index is 5.90. The second-order valence-electron chi connectivity index (χ2n) is 5.21. The molecule has 3 rings (SSSR count). The Labute approximate surface area is 120 Å². The topological polar surface area (TPSA) is 30.3 Å². The first kappa shape index (κ1) is 13.3. The predicted octanol–water partition coefficient (Wildman–Crippen LogP) is 2.48. The molecule has 0 saturated carbocycles. The van der Waals surface area contributed by atoms with Crippen molar-refractivity contribution in [3.8, 4) is 0 Å². The van der Waals surface area contributed by atoms with E-state index in [0.29, 0.717) is 0 Å². The molecular formula is C16H21N3O. The lowest BCUT2D eigenvalue weighted by atomic mass is 10.1. The first-order valence-electron chi connectivity index (χ1n) is 7.25. The van der Waals surface area contributed by atoms with Crippen LogP contribution in [0.25, 0.3) is 0 Å². The van der Waals surface area contributed by atoms with Crippen LogP contribution in [0, 0.1) is 0 Å². The molecule has 1 aromatic heterocycles. The Morgan fingerprint density at radius 3 is 2.90 bits per heavy atom. The van der Waals surface area contributed by atoms with Gasteiger partial charge in [-0.05, 0) is 12.5 Å². The van der Waals surface area contributed by atoms with Crippen molar-refractivity contribution in [2.24, 2.45) is 0 Å². The molecule has 1 fully saturated rings. The fraction of sp³-hybridized carbons (Fsp3) is 0.438. The lowest BCUT2D eigenvalue weighted by Gasteiger charge is -2.32. The number of aromatic nitrogens is 2. The lowest BCUT2D eigenvalue weighted by molar-refractivity contribution is -0.0329. The predicted molar refractivity (Wildman–Crippen MR) is 78.3 cm³/mol. The van der Waals surface area contributed by atoms with Gasteiger partial charge in [0.15, 0.2) is 0 Å². The maximum absolute atomic E-state index is 5.90. The average molecular weight is 271 g/mol. The number of aryl methyl sites for hydroxylation is 1. The molecule has 2 heterocycles. The standard InChI is InChI=1S/C16H21N3O/c1-2-19-12-14(10-17-19)11-18-8-9-20-16(13-18)15-6-4-3-5-7-15/h3-7,10,12,16H,2,8-9,11,13H2,1H3/t16-/m0/s1. The second-order valence-corrected chi connectivity index (χ2v) is 5.21. The minimum atomic E-state index is 0.186. The molecule has 0 amide bonds. The van der Waals surface area contributed by atoms with E-state index in [1.54, 1.807) is 0 Å². The van der Waals surface area contributed by atoms with Crippen LogP contribution in [-0.4, -0.2) is 34.4 Å². The average Bonchev–Trinajstić information content (AvgIpc) is 2.96. The summed E-state index contributed by atoms with van der Waals surface area (Å²) in [6.07, 6.45) is 4.29. The summed E-state index contributed by atoms with van der Waals surface area (Å²) < 4.78 is 7.87. The number of hydrogen-bond donors (Lipinski definition) is 0. The number of hydrogen-bond acceptors (Lipinski definition) is 3. The number of ether oxygens (including phenoxy) is 1. The van der Waals surface area contributed by atoms with Crippen LogP contribution in [0.2, 0.25) is 0 Å². The second kappa shape index (κ2) is 6.20. The highest BCUT2D eigenvalue weighted by atomic mass is 16.5. The van der Waals surface area contributed by atoms with Crippen molar-refractivity contribution >= 4 is 0 Å². The van der Waals surface area contributed by atoms with Crippen LogP contribution in [0.15, 0.2) is 42.7 Å². The van der Waals surface area contributed by atoms with Crippen molar-refractivity contribution in [1.29, 1.82) is 0 Å². The van der Waals surface area contributed by atoms with Crippen LogP contribution >= 0.6 is 0 Å². The zero-order valence-corrected chi connectivity index (χ0v) is 11.9. The summed E-state index contributed by atoms with van der Waals surface area (Å²) in [6, 6.07) is 10.5. The largest absolute Gasteiger partial charge is 0.371 e. The van der Waals surface area contributed by atoms with Gasteiger partial charge in [0, 0.05) is 37.9 Å². The number of rotatable bonds is 4. The highest BCUT2D eigenvalue weighted by molar-refractivity contribution is 5.18. The van der Waals surface area contributed by atoms with Crippen LogP contribution in [0.3, 0.4) is 0 Å². The maximum Gasteiger partial charge on any atom is 0.0952 e. The molecule has 1 aromatic carbocycles. The summed E-state index contributed by atoms with van der Waals surface area (Å²) in [4.78, 5) is 2.44. The third-order valence-electron chi connectivity index (χ3n) is 3.74. The Hall–Kier alpha value is -1.65. The van der Waals surface area contributed by atoms with E-state index in [1.807, 2.05) is 16.9 Å². The first-order valence-corrected chi connectivity index (χ1v) is 7.25. The van der Waals surface area contributed by atoms with Gasteiger partial charge in [-0.3, -0.25) is 9.58 Å². The highest BCUT2D eigenvalue weighted by Crippen LogP contribution is 2.22. The third-order valence-corrected chi connectivity index (χ3v) is 3.74. The van der Waals surface area contributed by atoms with E-state index in [1.165, 1.54) is 11.1 Å². The van der Waals surface area contributed by atoms with Gasteiger partial charge >= 0.3 is 0 Å². The van der Waals surface area contributed by atoms with E-state index in [9.17, 15) is 0 Å². The van der Waals surface area contributed by atoms with Gasteiger partial charge in [-0.2, -0.15) is 5.10 Å². The Morgan fingerprint density at radius 2 is 2.15 bits per heavy atom. The summed E-state index contributed by atoms with van der Waals surface area (Å²) in [6.45, 7) is 6.71. The van der Waals surface area contributed by atoms with Gasteiger partial charge in [0.2, 0.25) is 0 Å². The summed E-state index contributed by atoms with van der Waals surface area (Å²) >= 11 is 0. The van der Waals surface area contributed by atoms with E-state index in [4.69, 9.17) is 4.74 Å². The van der Waals surface area contributed by atoms with Gasteiger partial charge in [0.05, 0.1) is 18.9 Å². The molecule has 0 radical (unpaired) electrons. The number of morpholine rings is 1. The molecule has 0 aliphatic carbocycles. The quantitative estimate of drug-likeness (QED) is 0.856. The molecule has 2 aromatic rings. The van der Waals surface area contributed by atoms with Crippen LogP contribution in [0.1, 0.15) is 24.2 Å². The van der Waals surface area contributed by atoms with Gasteiger partial charge in [-0.25, -0.2) is 0 Å². The fourth-order valence-corrected chi connectivity index (χ4v) is 2.63. The Balaban J connectivity index is 1.63. The molecule has 1 aliphatic rings. The van der Waals surface area contributed by atoms with Gasteiger partial charge in [-0.15, -0.1) is 0 Å². The minimum Gasteiger partial charge on any atom is -0.371 e. The third kappa shape index (κ3) is 3.08. The van der Waals surface area contributed by atoms with E-state index >= 15 is 0 Å². The molecular weight excluding hydrogens is 250 g/mol. The lowest BCUT2D eigenvalue weighted by Crippen LogP contribution is -2.37. The molecule has 0 unspecified atom stereocenters. The SMILES string of the molecule is CCn1cc(CN2CCO[C@H](c3ccccc3)C2)cn1. The van der Waals surface area contributed by atoms with Gasteiger partial charge < -0.3 is 4.74 Å². The summed E-state index contributed by atoms with van der Waals surface area (Å²) in [5.41, 5.74) is 2.54. The molecule has 0 spiro atoms. The van der Waals surface area contributed by atoms with E-state index in [2.05, 4.69) is 47.4 Å².